The maximum atomic E-state index is 11.2. The molecule has 0 heterocycles. The second-order valence-corrected chi connectivity index (χ2v) is 6.57. The quantitative estimate of drug-likeness (QED) is 0.879. The third kappa shape index (κ3) is 3.72. The number of benzene rings is 1. The number of rotatable bonds is 5. The highest BCUT2D eigenvalue weighted by molar-refractivity contribution is 9.10. The molecule has 0 aliphatic heterocycles. The molecule has 3 nitrogen and oxygen atoms in total. The van der Waals surface area contributed by atoms with E-state index >= 15 is 0 Å². The van der Waals surface area contributed by atoms with Crippen molar-refractivity contribution >= 4 is 21.9 Å². The fourth-order valence-corrected chi connectivity index (χ4v) is 3.01. The fraction of sp³-hybridized carbons (Fsp3) is 0.533. The lowest BCUT2D eigenvalue weighted by atomic mass is 9.85. The van der Waals surface area contributed by atoms with Crippen molar-refractivity contribution in [1.82, 2.24) is 0 Å². The van der Waals surface area contributed by atoms with Crippen LogP contribution in [-0.4, -0.2) is 18.2 Å². The van der Waals surface area contributed by atoms with Gasteiger partial charge in [-0.1, -0.05) is 29.8 Å². The molecule has 0 fully saturated rings. The van der Waals surface area contributed by atoms with Crippen LogP contribution in [0.5, 0.6) is 5.75 Å². The van der Waals surface area contributed by atoms with Crippen LogP contribution < -0.4 is 4.74 Å². The molecule has 4 heteroatoms. The summed E-state index contributed by atoms with van der Waals surface area (Å²) in [7, 11) is 1.64. The molecule has 0 saturated heterocycles. The smallest absolute Gasteiger partial charge is 0.309 e. The first-order valence-electron chi connectivity index (χ1n) is 6.28. The van der Waals surface area contributed by atoms with Crippen molar-refractivity contribution in [3.8, 4) is 5.75 Å². The molecule has 0 radical (unpaired) electrons. The van der Waals surface area contributed by atoms with Gasteiger partial charge in [0.1, 0.15) is 5.75 Å². The zero-order chi connectivity index (χ0) is 14.8. The monoisotopic (exact) mass is 328 g/mol. The van der Waals surface area contributed by atoms with Crippen LogP contribution in [0.15, 0.2) is 16.6 Å². The number of hydrogen-bond acceptors (Lipinski definition) is 2. The Morgan fingerprint density at radius 1 is 1.42 bits per heavy atom. The summed E-state index contributed by atoms with van der Waals surface area (Å²) < 4.78 is 6.40. The lowest BCUT2D eigenvalue weighted by Crippen LogP contribution is -2.26. The van der Waals surface area contributed by atoms with E-state index in [4.69, 9.17) is 4.74 Å². The van der Waals surface area contributed by atoms with Gasteiger partial charge in [0.2, 0.25) is 0 Å². The maximum absolute atomic E-state index is 11.2. The lowest BCUT2D eigenvalue weighted by Gasteiger charge is -2.21. The largest absolute Gasteiger partial charge is 0.496 e. The van der Waals surface area contributed by atoms with Crippen molar-refractivity contribution in [3.05, 3.63) is 27.7 Å². The predicted octanol–water partition coefficient (Wildman–Crippen LogP) is 4.23. The van der Waals surface area contributed by atoms with Crippen LogP contribution in [0, 0.1) is 5.41 Å². The Kier molecular flexibility index (Phi) is 5.02. The van der Waals surface area contributed by atoms with E-state index in [1.807, 2.05) is 12.1 Å². The number of aliphatic carboxylic acids is 1. The van der Waals surface area contributed by atoms with Crippen molar-refractivity contribution in [2.75, 3.05) is 7.11 Å². The van der Waals surface area contributed by atoms with E-state index in [0.717, 1.165) is 21.3 Å². The van der Waals surface area contributed by atoms with Crippen LogP contribution in [0.1, 0.15) is 44.7 Å². The normalized spacial score (nSPS) is 11.7. The van der Waals surface area contributed by atoms with E-state index in [0.29, 0.717) is 12.3 Å². The van der Waals surface area contributed by atoms with Gasteiger partial charge in [-0.25, -0.2) is 0 Å². The standard InChI is InChI=1S/C15H21BrO3/c1-9(2)13-11(16)6-10(7-12(13)19-5)8-15(3,4)14(17)18/h6-7,9H,8H2,1-5H3,(H,17,18). The molecule has 0 bridgehead atoms. The molecule has 0 atom stereocenters. The number of hydrogen-bond donors (Lipinski definition) is 1. The van der Waals surface area contributed by atoms with Gasteiger partial charge in [0.05, 0.1) is 12.5 Å². The summed E-state index contributed by atoms with van der Waals surface area (Å²) in [6.45, 7) is 7.66. The Morgan fingerprint density at radius 2 is 2.00 bits per heavy atom. The summed E-state index contributed by atoms with van der Waals surface area (Å²) in [5.74, 6) is 0.349. The Balaban J connectivity index is 3.19. The van der Waals surface area contributed by atoms with Gasteiger partial charge in [-0.15, -0.1) is 0 Å². The van der Waals surface area contributed by atoms with E-state index in [9.17, 15) is 9.90 Å². The first-order valence-corrected chi connectivity index (χ1v) is 7.08. The first-order chi connectivity index (χ1) is 8.69. The van der Waals surface area contributed by atoms with Gasteiger partial charge in [0, 0.05) is 10.0 Å². The summed E-state index contributed by atoms with van der Waals surface area (Å²) in [5, 5.41) is 9.20. The molecule has 1 N–H and O–H groups in total. The Bertz CT molecular complexity index is 479. The Morgan fingerprint density at radius 3 is 2.42 bits per heavy atom. The molecule has 0 amide bonds. The van der Waals surface area contributed by atoms with E-state index < -0.39 is 11.4 Å². The second-order valence-electron chi connectivity index (χ2n) is 5.71. The van der Waals surface area contributed by atoms with Crippen molar-refractivity contribution < 1.29 is 14.6 Å². The average Bonchev–Trinajstić information content (AvgIpc) is 2.26. The molecule has 0 spiro atoms. The van der Waals surface area contributed by atoms with Crippen LogP contribution in [0.25, 0.3) is 0 Å². The van der Waals surface area contributed by atoms with Gasteiger partial charge in [-0.3, -0.25) is 4.79 Å². The number of carboxylic acid groups (broad SMARTS) is 1. The molecule has 0 aliphatic rings. The van der Waals surface area contributed by atoms with Crippen LogP contribution in [0.2, 0.25) is 0 Å². The minimum Gasteiger partial charge on any atom is -0.496 e. The lowest BCUT2D eigenvalue weighted by molar-refractivity contribution is -0.146. The van der Waals surface area contributed by atoms with Crippen LogP contribution in [0.4, 0.5) is 0 Å². The highest BCUT2D eigenvalue weighted by Crippen LogP contribution is 2.36. The maximum Gasteiger partial charge on any atom is 0.309 e. The van der Waals surface area contributed by atoms with Crippen LogP contribution in [0.3, 0.4) is 0 Å². The van der Waals surface area contributed by atoms with E-state index in [1.54, 1.807) is 21.0 Å². The SMILES string of the molecule is COc1cc(CC(C)(C)C(=O)O)cc(Br)c1C(C)C. The minimum absolute atomic E-state index is 0.339. The summed E-state index contributed by atoms with van der Waals surface area (Å²) >= 11 is 3.56. The topological polar surface area (TPSA) is 46.5 Å². The molecular weight excluding hydrogens is 308 g/mol. The molecule has 0 unspecified atom stereocenters. The second kappa shape index (κ2) is 5.95. The average molecular weight is 329 g/mol. The number of methoxy groups -OCH3 is 1. The molecule has 0 aliphatic carbocycles. The number of halogens is 1. The van der Waals surface area contributed by atoms with Crippen molar-refractivity contribution in [3.63, 3.8) is 0 Å². The molecule has 106 valence electrons. The highest BCUT2D eigenvalue weighted by Gasteiger charge is 2.28. The van der Waals surface area contributed by atoms with Gasteiger partial charge >= 0.3 is 5.97 Å². The van der Waals surface area contributed by atoms with Crippen LogP contribution in [-0.2, 0) is 11.2 Å². The van der Waals surface area contributed by atoms with Gasteiger partial charge in [0.15, 0.2) is 0 Å². The third-order valence-corrected chi connectivity index (χ3v) is 3.83. The van der Waals surface area contributed by atoms with Gasteiger partial charge < -0.3 is 9.84 Å². The van der Waals surface area contributed by atoms with Gasteiger partial charge in [0.25, 0.3) is 0 Å². The molecule has 0 aromatic heterocycles. The summed E-state index contributed by atoms with van der Waals surface area (Å²) in [6.07, 6.45) is 0.468. The zero-order valence-electron chi connectivity index (χ0n) is 12.1. The Labute approximate surface area is 123 Å². The van der Waals surface area contributed by atoms with E-state index in [2.05, 4.69) is 29.8 Å². The first kappa shape index (κ1) is 16.0. The number of carbonyl (C=O) groups is 1. The van der Waals surface area contributed by atoms with Crippen molar-refractivity contribution in [2.45, 2.75) is 40.0 Å². The summed E-state index contributed by atoms with van der Waals surface area (Å²) in [5.41, 5.74) is 1.28. The minimum atomic E-state index is -0.796. The van der Waals surface area contributed by atoms with Gasteiger partial charge in [-0.05, 0) is 43.9 Å². The molecule has 0 saturated carbocycles. The number of carboxylic acids is 1. The van der Waals surface area contributed by atoms with Gasteiger partial charge in [-0.2, -0.15) is 0 Å². The summed E-state index contributed by atoms with van der Waals surface area (Å²) in [4.78, 5) is 11.2. The highest BCUT2D eigenvalue weighted by atomic mass is 79.9. The Hall–Kier alpha value is -1.03. The fourth-order valence-electron chi connectivity index (χ4n) is 2.06. The molecular formula is C15H21BrO3. The zero-order valence-corrected chi connectivity index (χ0v) is 13.7. The predicted molar refractivity (Wildman–Crippen MR) is 79.9 cm³/mol. The van der Waals surface area contributed by atoms with Crippen LogP contribution >= 0.6 is 15.9 Å². The van der Waals surface area contributed by atoms with E-state index in [-0.39, 0.29) is 0 Å². The van der Waals surface area contributed by atoms with Crippen molar-refractivity contribution in [2.24, 2.45) is 5.41 Å². The van der Waals surface area contributed by atoms with E-state index in [1.165, 1.54) is 0 Å². The molecule has 1 aromatic carbocycles. The molecule has 1 rings (SSSR count). The third-order valence-electron chi connectivity index (χ3n) is 3.17. The summed E-state index contributed by atoms with van der Waals surface area (Å²) in [6, 6.07) is 3.92. The van der Waals surface area contributed by atoms with Crippen molar-refractivity contribution in [1.29, 1.82) is 0 Å². The number of ether oxygens (including phenoxy) is 1. The molecule has 1 aromatic rings. The molecule has 19 heavy (non-hydrogen) atoms.